The van der Waals surface area contributed by atoms with Gasteiger partial charge in [-0.25, -0.2) is 13.4 Å². The molecule has 48 heavy (non-hydrogen) atoms. The molecule has 1 saturated heterocycles. The van der Waals surface area contributed by atoms with Crippen molar-refractivity contribution in [3.63, 3.8) is 0 Å². The van der Waals surface area contributed by atoms with Gasteiger partial charge in [-0.1, -0.05) is 49.6 Å². The van der Waals surface area contributed by atoms with E-state index in [-0.39, 0.29) is 25.4 Å². The Morgan fingerprint density at radius 3 is 2.29 bits per heavy atom. The van der Waals surface area contributed by atoms with Crippen molar-refractivity contribution in [2.75, 3.05) is 19.3 Å². The molecule has 0 bridgehead atoms. The summed E-state index contributed by atoms with van der Waals surface area (Å²) in [6, 6.07) is 6.66. The second kappa shape index (κ2) is 15.5. The molecule has 266 valence electrons. The highest BCUT2D eigenvalue weighted by Crippen LogP contribution is 2.39. The summed E-state index contributed by atoms with van der Waals surface area (Å²) in [5.74, 6) is -0.478. The minimum Gasteiger partial charge on any atom is -0.390 e. The molecule has 0 spiro atoms. The second-order valence-electron chi connectivity index (χ2n) is 15.2. The molecule has 4 rings (SSSR count). The molecular weight excluding hydrogens is 632 g/mol. The number of aliphatic hydroxyl groups is 1. The highest BCUT2D eigenvalue weighted by atomic mass is 32.2. The van der Waals surface area contributed by atoms with Crippen molar-refractivity contribution in [3.8, 4) is 0 Å². The highest BCUT2D eigenvalue weighted by Gasteiger charge is 2.46. The van der Waals surface area contributed by atoms with E-state index in [1.807, 2.05) is 51.1 Å². The fraction of sp³-hybridized carbons (Fsp3) is 0.657. The maximum atomic E-state index is 14.1. The van der Waals surface area contributed by atoms with Crippen molar-refractivity contribution >= 4 is 27.6 Å². The van der Waals surface area contributed by atoms with Gasteiger partial charge in [0.15, 0.2) is 9.84 Å². The minimum absolute atomic E-state index is 0.0714. The van der Waals surface area contributed by atoms with Gasteiger partial charge in [0.25, 0.3) is 0 Å². The largest absolute Gasteiger partial charge is 0.390 e. The van der Waals surface area contributed by atoms with Crippen LogP contribution in [0.2, 0.25) is 0 Å². The van der Waals surface area contributed by atoms with Gasteiger partial charge in [-0.15, -0.1) is 0 Å². The molecule has 0 radical (unpaired) electrons. The number of piperidine rings is 1. The number of sulfone groups is 1. The molecule has 1 aliphatic carbocycles. The zero-order valence-corrected chi connectivity index (χ0v) is 30.0. The van der Waals surface area contributed by atoms with Crippen molar-refractivity contribution in [3.05, 3.63) is 54.6 Å². The number of nitrogens with zero attached hydrogens (tertiary/aromatic N) is 3. The Labute approximate surface area is 285 Å². The summed E-state index contributed by atoms with van der Waals surface area (Å²) in [7, 11) is -3.85. The number of nitrogens with one attached hydrogen (secondary N) is 3. The van der Waals surface area contributed by atoms with E-state index in [4.69, 9.17) is 0 Å². The molecular formula is C35H54N6O6S. The number of hydrogen-bond acceptors (Lipinski definition) is 8. The lowest BCUT2D eigenvalue weighted by molar-refractivity contribution is -0.133. The van der Waals surface area contributed by atoms with E-state index < -0.39 is 56.2 Å². The molecule has 6 atom stereocenters. The number of fused-ring (bicyclic) bond motifs is 1. The highest BCUT2D eigenvalue weighted by molar-refractivity contribution is 7.92. The average molecular weight is 687 g/mol. The van der Waals surface area contributed by atoms with E-state index >= 15 is 0 Å². The first-order valence-electron chi connectivity index (χ1n) is 17.0. The molecule has 1 aromatic carbocycles. The number of aliphatic hydroxyl groups excluding tert-OH is 1. The molecule has 4 N–H and O–H groups in total. The van der Waals surface area contributed by atoms with Crippen LogP contribution < -0.4 is 16.0 Å². The van der Waals surface area contributed by atoms with Gasteiger partial charge in [0.1, 0.15) is 12.6 Å². The number of aromatic nitrogens is 2. The lowest BCUT2D eigenvalue weighted by atomic mass is 9.72. The van der Waals surface area contributed by atoms with Crippen LogP contribution in [0.3, 0.4) is 0 Å². The zero-order chi connectivity index (χ0) is 35.3. The second-order valence-corrected chi connectivity index (χ2v) is 17.8. The first-order chi connectivity index (χ1) is 22.4. The smallest absolute Gasteiger partial charge is 0.244 e. The molecule has 6 unspecified atom stereocenters. The van der Waals surface area contributed by atoms with Crippen molar-refractivity contribution in [1.29, 1.82) is 0 Å². The van der Waals surface area contributed by atoms with E-state index in [9.17, 15) is 27.9 Å². The predicted molar refractivity (Wildman–Crippen MR) is 184 cm³/mol. The summed E-state index contributed by atoms with van der Waals surface area (Å²) < 4.78 is 25.7. The van der Waals surface area contributed by atoms with Crippen LogP contribution in [0.1, 0.15) is 72.3 Å². The molecule has 13 heteroatoms. The Morgan fingerprint density at radius 1 is 1.02 bits per heavy atom. The molecule has 2 aromatic rings. The molecule has 1 aliphatic heterocycles. The van der Waals surface area contributed by atoms with Gasteiger partial charge in [-0.3, -0.25) is 19.3 Å². The summed E-state index contributed by atoms with van der Waals surface area (Å²) in [5, 5.41) is 20.6. The lowest BCUT2D eigenvalue weighted by Crippen LogP contribution is -2.64. The van der Waals surface area contributed by atoms with Crippen molar-refractivity contribution in [2.24, 2.45) is 11.8 Å². The molecule has 2 fully saturated rings. The first kappa shape index (κ1) is 37.5. The number of β-amino-alcohol motifs (C(OH)–C–C–N with tert-alkyl or cyclic N) is 1. The van der Waals surface area contributed by atoms with Crippen molar-refractivity contribution < 1.29 is 27.9 Å². The monoisotopic (exact) mass is 686 g/mol. The molecule has 2 heterocycles. The van der Waals surface area contributed by atoms with Crippen LogP contribution in [-0.4, -0.2) is 99.6 Å². The van der Waals surface area contributed by atoms with Crippen LogP contribution >= 0.6 is 0 Å². The van der Waals surface area contributed by atoms with E-state index in [0.29, 0.717) is 24.8 Å². The van der Waals surface area contributed by atoms with Gasteiger partial charge in [0.05, 0.1) is 29.3 Å². The average Bonchev–Trinajstić information content (AvgIpc) is 3.51. The minimum atomic E-state index is -3.85. The number of rotatable bonds is 13. The van der Waals surface area contributed by atoms with E-state index in [0.717, 1.165) is 37.5 Å². The number of carbonyl (C=O) groups is 3. The Bertz CT molecular complexity index is 1490. The van der Waals surface area contributed by atoms with Gasteiger partial charge >= 0.3 is 0 Å². The third kappa shape index (κ3) is 9.88. The van der Waals surface area contributed by atoms with Gasteiger partial charge in [-0.05, 0) is 71.3 Å². The number of imidazole rings is 1. The number of amides is 3. The van der Waals surface area contributed by atoms with Crippen LogP contribution in [0.4, 0.5) is 0 Å². The molecule has 1 saturated carbocycles. The molecule has 2 aliphatic rings. The lowest BCUT2D eigenvalue weighted by Gasteiger charge is -2.47. The standard InChI is InChI=1S/C35H54N6O6S/c1-34(2,3)39-32(44)28-19-25-14-10-11-15-26(25)20-41(28)21-29(42)27(18-24-12-8-7-9-13-24)37-33(45)31(35(4,5)48(6,46)47)38-30(43)22-40-17-16-36-23-40/h7-9,12-13,16-17,23,25-29,31,42H,10-11,14-15,18-22H2,1-6H3,(H,37,45)(H,38,43)(H,39,44). The Hall–Kier alpha value is -3.29. The van der Waals surface area contributed by atoms with Crippen LogP contribution in [0.15, 0.2) is 49.1 Å². The Balaban J connectivity index is 1.60. The quantitative estimate of drug-likeness (QED) is 0.249. The zero-order valence-electron chi connectivity index (χ0n) is 29.2. The van der Waals surface area contributed by atoms with Crippen LogP contribution in [0.5, 0.6) is 0 Å². The molecule has 3 amide bonds. The van der Waals surface area contributed by atoms with Gasteiger partial charge < -0.3 is 25.6 Å². The van der Waals surface area contributed by atoms with Gasteiger partial charge in [0, 0.05) is 37.3 Å². The molecule has 1 aromatic heterocycles. The summed E-state index contributed by atoms with van der Waals surface area (Å²) in [6.45, 7) is 9.30. The number of likely N-dealkylation sites (tertiary alicyclic amines) is 1. The fourth-order valence-electron chi connectivity index (χ4n) is 6.93. The molecule has 12 nitrogen and oxygen atoms in total. The Kier molecular flexibility index (Phi) is 12.1. The normalized spacial score (nSPS) is 22.5. The van der Waals surface area contributed by atoms with E-state index in [2.05, 4.69) is 25.8 Å². The SMILES string of the molecule is CC(C)(C)NC(=O)C1CC2CCCCC2CN1CC(O)C(Cc1ccccc1)NC(=O)C(NC(=O)Cn1ccnc1)C(C)(C)S(C)(=O)=O. The van der Waals surface area contributed by atoms with E-state index in [1.54, 1.807) is 6.20 Å². The number of benzene rings is 1. The predicted octanol–water partition coefficient (Wildman–Crippen LogP) is 2.07. The number of carbonyl (C=O) groups excluding carboxylic acids is 3. The van der Waals surface area contributed by atoms with Gasteiger partial charge in [0.2, 0.25) is 17.7 Å². The summed E-state index contributed by atoms with van der Waals surface area (Å²) >= 11 is 0. The Morgan fingerprint density at radius 2 is 1.69 bits per heavy atom. The van der Waals surface area contributed by atoms with Gasteiger partial charge in [-0.2, -0.15) is 0 Å². The number of hydrogen-bond donors (Lipinski definition) is 4. The van der Waals surface area contributed by atoms with Crippen molar-refractivity contribution in [1.82, 2.24) is 30.4 Å². The van der Waals surface area contributed by atoms with E-state index in [1.165, 1.54) is 30.9 Å². The topological polar surface area (TPSA) is 163 Å². The maximum Gasteiger partial charge on any atom is 0.244 e. The summed E-state index contributed by atoms with van der Waals surface area (Å²) in [6.07, 6.45) is 9.92. The third-order valence-corrected chi connectivity index (χ3v) is 12.1. The van der Waals surface area contributed by atoms with Crippen LogP contribution in [0.25, 0.3) is 0 Å². The van der Waals surface area contributed by atoms with Crippen LogP contribution in [-0.2, 0) is 37.2 Å². The summed E-state index contributed by atoms with van der Waals surface area (Å²) in [4.78, 5) is 46.8. The summed E-state index contributed by atoms with van der Waals surface area (Å²) in [5.41, 5.74) is 0.441. The van der Waals surface area contributed by atoms with Crippen molar-refractivity contribution in [2.45, 2.75) is 114 Å². The fourth-order valence-corrected chi connectivity index (χ4v) is 7.53. The van der Waals surface area contributed by atoms with Crippen LogP contribution in [0, 0.1) is 11.8 Å². The maximum absolute atomic E-state index is 14.1. The first-order valence-corrected chi connectivity index (χ1v) is 18.9. The third-order valence-electron chi connectivity index (χ3n) is 9.92.